The summed E-state index contributed by atoms with van der Waals surface area (Å²) in [6.45, 7) is 0. The summed E-state index contributed by atoms with van der Waals surface area (Å²) in [4.78, 5) is 12.1. The fraction of sp³-hybridized carbons (Fsp3) is 0.118. The van der Waals surface area contributed by atoms with Crippen LogP contribution in [0.4, 0.5) is 0 Å². The molecule has 1 N–H and O–H groups in total. The number of hydrogen-bond acceptors (Lipinski definition) is 4. The van der Waals surface area contributed by atoms with Gasteiger partial charge in [-0.2, -0.15) is 10.4 Å². The second-order valence-electron chi connectivity index (χ2n) is 4.60. The third-order valence-corrected chi connectivity index (χ3v) is 3.71. The summed E-state index contributed by atoms with van der Waals surface area (Å²) in [6.07, 6.45) is 1.50. The van der Waals surface area contributed by atoms with E-state index in [9.17, 15) is 10.1 Å². The Labute approximate surface area is 142 Å². The third-order valence-electron chi connectivity index (χ3n) is 3.09. The molecule has 0 aliphatic heterocycles. The minimum absolute atomic E-state index is 0.470. The number of carbonyl (C=O) groups is 1. The van der Waals surface area contributed by atoms with E-state index < -0.39 is 11.8 Å². The molecule has 0 fully saturated rings. The lowest BCUT2D eigenvalue weighted by Gasteiger charge is -2.07. The van der Waals surface area contributed by atoms with E-state index in [1.165, 1.54) is 6.21 Å². The Kier molecular flexibility index (Phi) is 5.89. The minimum atomic E-state index is -0.893. The van der Waals surface area contributed by atoms with Gasteiger partial charge in [-0.05, 0) is 45.3 Å². The van der Waals surface area contributed by atoms with Gasteiger partial charge >= 0.3 is 0 Å². The molecule has 0 heterocycles. The Balaban J connectivity index is 2.03. The average Bonchev–Trinajstić information content (AvgIpc) is 2.57. The maximum Gasteiger partial charge on any atom is 0.261 e. The highest BCUT2D eigenvalue weighted by atomic mass is 79.9. The van der Waals surface area contributed by atoms with Gasteiger partial charge in [-0.1, -0.05) is 30.3 Å². The summed E-state index contributed by atoms with van der Waals surface area (Å²) in [6, 6.07) is 16.2. The van der Waals surface area contributed by atoms with Crippen molar-refractivity contribution in [2.75, 3.05) is 7.11 Å². The summed E-state index contributed by atoms with van der Waals surface area (Å²) in [5.74, 6) is -0.654. The van der Waals surface area contributed by atoms with Crippen LogP contribution in [0.15, 0.2) is 58.1 Å². The van der Waals surface area contributed by atoms with Gasteiger partial charge in [-0.25, -0.2) is 5.43 Å². The van der Waals surface area contributed by atoms with Gasteiger partial charge in [0.05, 0.1) is 23.9 Å². The molecule has 23 heavy (non-hydrogen) atoms. The van der Waals surface area contributed by atoms with Crippen molar-refractivity contribution < 1.29 is 9.53 Å². The van der Waals surface area contributed by atoms with Crippen molar-refractivity contribution in [2.24, 2.45) is 5.10 Å². The van der Waals surface area contributed by atoms with Crippen LogP contribution in [0.5, 0.6) is 5.75 Å². The zero-order chi connectivity index (χ0) is 16.7. The van der Waals surface area contributed by atoms with E-state index in [0.717, 1.165) is 10.0 Å². The van der Waals surface area contributed by atoms with E-state index in [-0.39, 0.29) is 0 Å². The number of hydrazone groups is 1. The van der Waals surface area contributed by atoms with Crippen LogP contribution in [0.1, 0.15) is 17.0 Å². The predicted octanol–water partition coefficient (Wildman–Crippen LogP) is 3.22. The fourth-order valence-electron chi connectivity index (χ4n) is 1.93. The lowest BCUT2D eigenvalue weighted by molar-refractivity contribution is -0.121. The maximum atomic E-state index is 12.1. The summed E-state index contributed by atoms with van der Waals surface area (Å²) >= 11 is 3.38. The zero-order valence-electron chi connectivity index (χ0n) is 12.4. The molecule has 2 rings (SSSR count). The highest BCUT2D eigenvalue weighted by molar-refractivity contribution is 9.10. The van der Waals surface area contributed by atoms with Gasteiger partial charge in [0.2, 0.25) is 0 Å². The molecule has 2 aromatic rings. The van der Waals surface area contributed by atoms with Crippen LogP contribution in [0.3, 0.4) is 0 Å². The van der Waals surface area contributed by atoms with E-state index >= 15 is 0 Å². The number of hydrogen-bond donors (Lipinski definition) is 1. The molecule has 0 saturated heterocycles. The molecule has 0 aliphatic carbocycles. The molecule has 2 aromatic carbocycles. The first kappa shape index (κ1) is 16.7. The molecule has 0 bridgehead atoms. The first-order chi connectivity index (χ1) is 11.2. The van der Waals surface area contributed by atoms with Gasteiger partial charge in [-0.15, -0.1) is 0 Å². The molecule has 1 atom stereocenters. The predicted molar refractivity (Wildman–Crippen MR) is 91.2 cm³/mol. The molecule has 0 saturated carbocycles. The monoisotopic (exact) mass is 371 g/mol. The second kappa shape index (κ2) is 8.11. The van der Waals surface area contributed by atoms with Gasteiger partial charge in [0.1, 0.15) is 5.75 Å². The van der Waals surface area contributed by atoms with E-state index in [0.29, 0.717) is 11.3 Å². The Morgan fingerprint density at radius 2 is 2.09 bits per heavy atom. The van der Waals surface area contributed by atoms with Crippen molar-refractivity contribution in [1.82, 2.24) is 5.43 Å². The summed E-state index contributed by atoms with van der Waals surface area (Å²) in [7, 11) is 1.58. The Bertz CT molecular complexity index is 754. The summed E-state index contributed by atoms with van der Waals surface area (Å²) < 4.78 is 5.93. The number of carbonyl (C=O) groups excluding carboxylic acids is 1. The molecule has 0 radical (unpaired) electrons. The molecule has 0 unspecified atom stereocenters. The summed E-state index contributed by atoms with van der Waals surface area (Å²) in [5, 5.41) is 13.1. The van der Waals surface area contributed by atoms with Gasteiger partial charge in [0, 0.05) is 0 Å². The number of methoxy groups -OCH3 is 1. The van der Waals surface area contributed by atoms with Crippen LogP contribution < -0.4 is 10.2 Å². The number of nitriles is 1. The van der Waals surface area contributed by atoms with Crippen LogP contribution in [0.2, 0.25) is 0 Å². The smallest absolute Gasteiger partial charge is 0.261 e. The number of nitrogens with one attached hydrogen (secondary N) is 1. The van der Waals surface area contributed by atoms with E-state index in [2.05, 4.69) is 26.5 Å². The molecule has 0 spiro atoms. The topological polar surface area (TPSA) is 74.5 Å². The number of nitrogens with zero attached hydrogens (tertiary/aromatic N) is 2. The SMILES string of the molecule is COc1ccc(/C=N\NC(=O)[C@H](C#N)c2ccccc2)cc1Br. The van der Waals surface area contributed by atoms with E-state index in [1.807, 2.05) is 18.2 Å². The van der Waals surface area contributed by atoms with Crippen molar-refractivity contribution in [1.29, 1.82) is 5.26 Å². The Morgan fingerprint density at radius 3 is 2.70 bits per heavy atom. The number of benzene rings is 2. The quantitative estimate of drug-likeness (QED) is 0.647. The molecular weight excluding hydrogens is 358 g/mol. The van der Waals surface area contributed by atoms with Crippen LogP contribution in [0, 0.1) is 11.3 Å². The number of ether oxygens (including phenoxy) is 1. The van der Waals surface area contributed by atoms with Crippen LogP contribution >= 0.6 is 15.9 Å². The maximum absolute atomic E-state index is 12.1. The largest absolute Gasteiger partial charge is 0.496 e. The Hall–Kier alpha value is -2.65. The van der Waals surface area contributed by atoms with Crippen LogP contribution in [0.25, 0.3) is 0 Å². The van der Waals surface area contributed by atoms with E-state index in [4.69, 9.17) is 4.74 Å². The zero-order valence-corrected chi connectivity index (χ0v) is 13.9. The van der Waals surface area contributed by atoms with Crippen LogP contribution in [-0.2, 0) is 4.79 Å². The number of rotatable bonds is 5. The number of halogens is 1. The lowest BCUT2D eigenvalue weighted by atomic mass is 10.0. The lowest BCUT2D eigenvalue weighted by Crippen LogP contribution is -2.24. The van der Waals surface area contributed by atoms with Crippen molar-refractivity contribution in [3.8, 4) is 11.8 Å². The number of amides is 1. The van der Waals surface area contributed by atoms with Crippen molar-refractivity contribution in [2.45, 2.75) is 5.92 Å². The molecule has 6 heteroatoms. The average molecular weight is 372 g/mol. The first-order valence-corrected chi connectivity index (χ1v) is 7.56. The normalized spacial score (nSPS) is 11.7. The molecule has 5 nitrogen and oxygen atoms in total. The first-order valence-electron chi connectivity index (χ1n) is 6.76. The highest BCUT2D eigenvalue weighted by Crippen LogP contribution is 2.24. The van der Waals surface area contributed by atoms with Crippen molar-refractivity contribution in [3.05, 3.63) is 64.1 Å². The molecule has 116 valence electrons. The third kappa shape index (κ3) is 4.41. The standard InChI is InChI=1S/C17H14BrN3O2/c1-23-16-8-7-12(9-15(16)18)11-20-21-17(22)14(10-19)13-5-3-2-4-6-13/h2-9,11,14H,1H3,(H,21,22)/b20-11-/t14-/m1/s1. The highest BCUT2D eigenvalue weighted by Gasteiger charge is 2.19. The summed E-state index contributed by atoms with van der Waals surface area (Å²) in [5.41, 5.74) is 3.81. The Morgan fingerprint density at radius 1 is 1.35 bits per heavy atom. The fourth-order valence-corrected chi connectivity index (χ4v) is 2.49. The van der Waals surface area contributed by atoms with Gasteiger partial charge in [-0.3, -0.25) is 4.79 Å². The van der Waals surface area contributed by atoms with Gasteiger partial charge in [0.25, 0.3) is 5.91 Å². The molecular formula is C17H14BrN3O2. The van der Waals surface area contributed by atoms with E-state index in [1.54, 1.807) is 43.5 Å². The van der Waals surface area contributed by atoms with Crippen LogP contribution in [-0.4, -0.2) is 19.2 Å². The van der Waals surface area contributed by atoms with Crippen molar-refractivity contribution in [3.63, 3.8) is 0 Å². The van der Waals surface area contributed by atoms with Crippen molar-refractivity contribution >= 4 is 28.1 Å². The minimum Gasteiger partial charge on any atom is -0.496 e. The van der Waals surface area contributed by atoms with Gasteiger partial charge in [0.15, 0.2) is 5.92 Å². The molecule has 0 aromatic heterocycles. The molecule has 1 amide bonds. The molecule has 0 aliphatic rings. The van der Waals surface area contributed by atoms with Gasteiger partial charge < -0.3 is 4.74 Å². The second-order valence-corrected chi connectivity index (χ2v) is 5.46.